The highest BCUT2D eigenvalue weighted by atomic mass is 16.6. The summed E-state index contributed by atoms with van der Waals surface area (Å²) in [5.74, 6) is 0.0475. The smallest absolute Gasteiger partial charge is 0.410 e. The van der Waals surface area contributed by atoms with E-state index in [-0.39, 0.29) is 12.0 Å². The second-order valence-electron chi connectivity index (χ2n) is 5.91. The van der Waals surface area contributed by atoms with Crippen molar-refractivity contribution in [2.45, 2.75) is 44.8 Å². The fraction of sp³-hybridized carbons (Fsp3) is 0.833. The highest BCUT2D eigenvalue weighted by Crippen LogP contribution is 2.25. The molecule has 102 valence electrons. The molecule has 0 aliphatic carbocycles. The van der Waals surface area contributed by atoms with Crippen LogP contribution < -0.4 is 10.6 Å². The topological polar surface area (TPSA) is 70.7 Å². The summed E-state index contributed by atoms with van der Waals surface area (Å²) in [6.07, 6.45) is 0.978. The lowest BCUT2D eigenvalue weighted by atomic mass is 9.88. The number of nitrogens with one attached hydrogen (secondary N) is 2. The van der Waals surface area contributed by atoms with Crippen molar-refractivity contribution in [3.05, 3.63) is 0 Å². The lowest BCUT2D eigenvalue weighted by Gasteiger charge is -2.37. The maximum Gasteiger partial charge on any atom is 0.410 e. The number of likely N-dealkylation sites (tertiary alicyclic amines) is 1. The number of hydrogen-bond donors (Lipinski definition) is 2. The minimum Gasteiger partial charge on any atom is -0.444 e. The standard InChI is InChI=1S/C12H21N3O3/c1-11(2,3)18-10(17)15-6-4-12(5-7-15)9(16)13-8-14-12/h14H,4-8H2,1-3H3,(H,13,16). The molecular formula is C12H21N3O3. The molecule has 0 saturated carbocycles. The van der Waals surface area contributed by atoms with Crippen LogP contribution in [0.3, 0.4) is 0 Å². The molecule has 2 rings (SSSR count). The van der Waals surface area contributed by atoms with Crippen LogP contribution in [0.25, 0.3) is 0 Å². The van der Waals surface area contributed by atoms with Gasteiger partial charge in [0.15, 0.2) is 0 Å². The Labute approximate surface area is 107 Å². The average Bonchev–Trinajstić information content (AvgIpc) is 2.59. The van der Waals surface area contributed by atoms with Crippen LogP contribution in [-0.4, -0.2) is 47.8 Å². The van der Waals surface area contributed by atoms with Crippen LogP contribution in [0.5, 0.6) is 0 Å². The summed E-state index contributed by atoms with van der Waals surface area (Å²) in [4.78, 5) is 25.3. The van der Waals surface area contributed by atoms with Crippen LogP contribution in [0.15, 0.2) is 0 Å². The Bertz CT molecular complexity index is 354. The number of hydrogen-bond acceptors (Lipinski definition) is 4. The molecule has 0 bridgehead atoms. The quantitative estimate of drug-likeness (QED) is 0.658. The van der Waals surface area contributed by atoms with E-state index in [1.807, 2.05) is 20.8 Å². The minimum absolute atomic E-state index is 0.0475. The number of carbonyl (C=O) groups is 2. The predicted molar refractivity (Wildman–Crippen MR) is 65.9 cm³/mol. The van der Waals surface area contributed by atoms with E-state index in [0.717, 1.165) is 0 Å². The lowest BCUT2D eigenvalue weighted by molar-refractivity contribution is -0.125. The number of rotatable bonds is 0. The third-order valence-corrected chi connectivity index (χ3v) is 3.38. The summed E-state index contributed by atoms with van der Waals surface area (Å²) in [6, 6.07) is 0. The molecule has 0 radical (unpaired) electrons. The highest BCUT2D eigenvalue weighted by molar-refractivity contribution is 5.88. The Morgan fingerprint density at radius 2 is 1.94 bits per heavy atom. The third-order valence-electron chi connectivity index (χ3n) is 3.38. The second-order valence-corrected chi connectivity index (χ2v) is 5.91. The summed E-state index contributed by atoms with van der Waals surface area (Å²) in [5, 5.41) is 5.97. The molecule has 0 aromatic heterocycles. The van der Waals surface area contributed by atoms with Crippen LogP contribution in [-0.2, 0) is 9.53 Å². The molecule has 2 saturated heterocycles. The molecule has 2 N–H and O–H groups in total. The van der Waals surface area contributed by atoms with Crippen molar-refractivity contribution >= 4 is 12.0 Å². The SMILES string of the molecule is CC(C)(C)OC(=O)N1CCC2(CC1)NCNC2=O. The maximum atomic E-state index is 11.9. The van der Waals surface area contributed by atoms with Crippen molar-refractivity contribution in [2.24, 2.45) is 0 Å². The number of nitrogens with zero attached hydrogens (tertiary/aromatic N) is 1. The molecule has 0 aromatic rings. The zero-order chi connectivity index (χ0) is 13.4. The largest absolute Gasteiger partial charge is 0.444 e. The monoisotopic (exact) mass is 255 g/mol. The van der Waals surface area contributed by atoms with Gasteiger partial charge in [-0.05, 0) is 33.6 Å². The van der Waals surface area contributed by atoms with Crippen molar-refractivity contribution in [1.82, 2.24) is 15.5 Å². The Balaban J connectivity index is 1.91. The fourth-order valence-corrected chi connectivity index (χ4v) is 2.34. The van der Waals surface area contributed by atoms with Crippen molar-refractivity contribution in [2.75, 3.05) is 19.8 Å². The third kappa shape index (κ3) is 2.58. The maximum absolute atomic E-state index is 11.9. The Hall–Kier alpha value is -1.30. The van der Waals surface area contributed by atoms with E-state index in [1.165, 1.54) is 0 Å². The molecule has 1 spiro atoms. The lowest BCUT2D eigenvalue weighted by Crippen LogP contribution is -2.56. The van der Waals surface area contributed by atoms with E-state index in [9.17, 15) is 9.59 Å². The van der Waals surface area contributed by atoms with Gasteiger partial charge in [0.25, 0.3) is 0 Å². The zero-order valence-electron chi connectivity index (χ0n) is 11.2. The fourth-order valence-electron chi connectivity index (χ4n) is 2.34. The number of amides is 2. The molecule has 2 aliphatic heterocycles. The van der Waals surface area contributed by atoms with Crippen molar-refractivity contribution in [3.8, 4) is 0 Å². The molecule has 0 atom stereocenters. The van der Waals surface area contributed by atoms with Crippen LogP contribution in [0.1, 0.15) is 33.6 Å². The zero-order valence-corrected chi connectivity index (χ0v) is 11.2. The molecule has 2 fully saturated rings. The highest BCUT2D eigenvalue weighted by Gasteiger charge is 2.45. The molecule has 6 nitrogen and oxygen atoms in total. The van der Waals surface area contributed by atoms with Crippen LogP contribution in [0, 0.1) is 0 Å². The Morgan fingerprint density at radius 1 is 1.33 bits per heavy atom. The number of piperidine rings is 1. The van der Waals surface area contributed by atoms with Gasteiger partial charge in [0.05, 0.1) is 6.67 Å². The minimum atomic E-state index is -0.477. The van der Waals surface area contributed by atoms with Crippen LogP contribution in [0.2, 0.25) is 0 Å². The predicted octanol–water partition coefficient (Wildman–Crippen LogP) is 0.433. The average molecular weight is 255 g/mol. The molecular weight excluding hydrogens is 234 g/mol. The van der Waals surface area contributed by atoms with Gasteiger partial charge in [-0.15, -0.1) is 0 Å². The van der Waals surface area contributed by atoms with E-state index in [2.05, 4.69) is 10.6 Å². The molecule has 0 aromatic carbocycles. The van der Waals surface area contributed by atoms with Crippen molar-refractivity contribution < 1.29 is 14.3 Å². The molecule has 2 heterocycles. The van der Waals surface area contributed by atoms with Gasteiger partial charge in [0.1, 0.15) is 11.1 Å². The van der Waals surface area contributed by atoms with Gasteiger partial charge in [-0.1, -0.05) is 0 Å². The van der Waals surface area contributed by atoms with E-state index >= 15 is 0 Å². The molecule has 6 heteroatoms. The van der Waals surface area contributed by atoms with Gasteiger partial charge in [0, 0.05) is 13.1 Å². The van der Waals surface area contributed by atoms with Crippen LogP contribution in [0.4, 0.5) is 4.79 Å². The summed E-state index contributed by atoms with van der Waals surface area (Å²) < 4.78 is 5.32. The second kappa shape index (κ2) is 4.42. The van der Waals surface area contributed by atoms with Gasteiger partial charge in [-0.25, -0.2) is 4.79 Å². The number of ether oxygens (including phenoxy) is 1. The van der Waals surface area contributed by atoms with Gasteiger partial charge in [-0.3, -0.25) is 10.1 Å². The first-order valence-electron chi connectivity index (χ1n) is 6.34. The van der Waals surface area contributed by atoms with E-state index in [0.29, 0.717) is 32.6 Å². The van der Waals surface area contributed by atoms with Gasteiger partial charge < -0.3 is 15.0 Å². The Kier molecular flexibility index (Phi) is 3.23. The Morgan fingerprint density at radius 3 is 2.39 bits per heavy atom. The van der Waals surface area contributed by atoms with E-state index in [4.69, 9.17) is 4.74 Å². The van der Waals surface area contributed by atoms with E-state index < -0.39 is 11.1 Å². The van der Waals surface area contributed by atoms with Crippen LogP contribution >= 0.6 is 0 Å². The summed E-state index contributed by atoms with van der Waals surface area (Å²) in [5.41, 5.74) is -0.951. The first-order chi connectivity index (χ1) is 8.32. The molecule has 2 amide bonds. The van der Waals surface area contributed by atoms with Crippen molar-refractivity contribution in [3.63, 3.8) is 0 Å². The summed E-state index contributed by atoms with van der Waals surface area (Å²) >= 11 is 0. The first kappa shape index (κ1) is 13.1. The first-order valence-corrected chi connectivity index (χ1v) is 6.34. The van der Waals surface area contributed by atoms with Gasteiger partial charge >= 0.3 is 6.09 Å². The van der Waals surface area contributed by atoms with Gasteiger partial charge in [-0.2, -0.15) is 0 Å². The van der Waals surface area contributed by atoms with Crippen molar-refractivity contribution in [1.29, 1.82) is 0 Å². The normalized spacial score (nSPS) is 23.1. The molecule has 2 aliphatic rings. The van der Waals surface area contributed by atoms with Gasteiger partial charge in [0.2, 0.25) is 5.91 Å². The molecule has 0 unspecified atom stereocenters. The number of carbonyl (C=O) groups excluding carboxylic acids is 2. The van der Waals surface area contributed by atoms with E-state index in [1.54, 1.807) is 4.90 Å². The summed E-state index contributed by atoms with van der Waals surface area (Å²) in [7, 11) is 0. The summed E-state index contributed by atoms with van der Waals surface area (Å²) in [6.45, 7) is 7.17. The molecule has 18 heavy (non-hydrogen) atoms.